The van der Waals surface area contributed by atoms with Crippen molar-refractivity contribution in [3.8, 4) is 6.07 Å². The van der Waals surface area contributed by atoms with Crippen molar-refractivity contribution in [2.24, 2.45) is 17.8 Å². The van der Waals surface area contributed by atoms with E-state index in [-0.39, 0.29) is 29.2 Å². The van der Waals surface area contributed by atoms with Crippen LogP contribution in [-0.2, 0) is 0 Å². The zero-order valence-corrected chi connectivity index (χ0v) is 19.4. The fraction of sp³-hybridized carbons (Fsp3) is 0.375. The Balaban J connectivity index is 1.54. The smallest absolute Gasteiger partial charge is 0.356 e. The summed E-state index contributed by atoms with van der Waals surface area (Å²) in [5.41, 5.74) is 3.49. The number of nitrogens with zero attached hydrogens (tertiary/aromatic N) is 5. The number of aromatic carboxylic acids is 1. The topological polar surface area (TPSA) is 135 Å². The summed E-state index contributed by atoms with van der Waals surface area (Å²) in [6.45, 7) is 5.54. The molecule has 3 heterocycles. The molecule has 10 heteroatoms. The highest BCUT2D eigenvalue weighted by Crippen LogP contribution is 2.52. The molecule has 2 aliphatic rings. The maximum atomic E-state index is 11.7. The lowest BCUT2D eigenvalue weighted by Crippen LogP contribution is -2.27. The van der Waals surface area contributed by atoms with E-state index in [0.717, 1.165) is 24.2 Å². The number of benzene rings is 1. The van der Waals surface area contributed by atoms with Gasteiger partial charge in [0.05, 0.1) is 22.8 Å². The molecule has 2 aromatic heterocycles. The number of pyridine rings is 1. The molecule has 5 rings (SSSR count). The van der Waals surface area contributed by atoms with E-state index in [9.17, 15) is 20.3 Å². The standard InChI is InChI=1S/C24H23ClN6O3/c1-11-5-13(12(2)27-17-3-4-20(25)29-22(17)24(33)34)21-18(6-11)28-19(7-26)23(30-21)31-8-14-15(9-31)16(14)10-32/h3-6,12,14-16,27,32H,8-10H2,1-2H3,(H,33,34)/t12-,14-,15-/m1/s1. The fourth-order valence-electron chi connectivity index (χ4n) is 5.07. The van der Waals surface area contributed by atoms with Gasteiger partial charge in [0, 0.05) is 25.3 Å². The molecule has 1 saturated heterocycles. The third-order valence-corrected chi connectivity index (χ3v) is 7.03. The molecule has 9 nitrogen and oxygen atoms in total. The van der Waals surface area contributed by atoms with Crippen LogP contribution < -0.4 is 10.2 Å². The second-order valence-electron chi connectivity index (χ2n) is 9.01. The number of fused-ring (bicyclic) bond motifs is 2. The minimum Gasteiger partial charge on any atom is -0.476 e. The summed E-state index contributed by atoms with van der Waals surface area (Å²) in [6.07, 6.45) is 0. The summed E-state index contributed by atoms with van der Waals surface area (Å²) in [5.74, 6) is 0.573. The summed E-state index contributed by atoms with van der Waals surface area (Å²) < 4.78 is 0. The normalized spacial score (nSPS) is 21.7. The Kier molecular flexibility index (Phi) is 5.50. The molecule has 0 spiro atoms. The molecule has 1 saturated carbocycles. The van der Waals surface area contributed by atoms with Crippen LogP contribution in [0.2, 0.25) is 5.15 Å². The molecule has 3 atom stereocenters. The molecule has 0 bridgehead atoms. The van der Waals surface area contributed by atoms with Crippen LogP contribution in [0.5, 0.6) is 0 Å². The van der Waals surface area contributed by atoms with Crippen LogP contribution in [0.1, 0.15) is 40.3 Å². The molecule has 34 heavy (non-hydrogen) atoms. The number of aliphatic hydroxyl groups excluding tert-OH is 1. The third-order valence-electron chi connectivity index (χ3n) is 6.82. The highest BCUT2D eigenvalue weighted by Gasteiger charge is 2.55. The van der Waals surface area contributed by atoms with E-state index in [1.54, 1.807) is 6.07 Å². The number of hydrogen-bond acceptors (Lipinski definition) is 8. The summed E-state index contributed by atoms with van der Waals surface area (Å²) >= 11 is 5.89. The number of nitrogens with one attached hydrogen (secondary N) is 1. The number of carboxylic acids is 1. The number of aryl methyl sites for hydroxylation is 1. The Bertz CT molecular complexity index is 1340. The first-order valence-electron chi connectivity index (χ1n) is 11.0. The Labute approximate surface area is 201 Å². The second kappa shape index (κ2) is 8.38. The van der Waals surface area contributed by atoms with Crippen molar-refractivity contribution in [1.82, 2.24) is 15.0 Å². The van der Waals surface area contributed by atoms with Crippen molar-refractivity contribution in [3.05, 3.63) is 51.9 Å². The average Bonchev–Trinajstić information content (AvgIpc) is 3.28. The Hall–Kier alpha value is -3.48. The van der Waals surface area contributed by atoms with E-state index in [2.05, 4.69) is 26.3 Å². The van der Waals surface area contributed by atoms with Gasteiger partial charge in [0.25, 0.3) is 0 Å². The largest absolute Gasteiger partial charge is 0.476 e. The van der Waals surface area contributed by atoms with Crippen molar-refractivity contribution in [2.45, 2.75) is 19.9 Å². The maximum absolute atomic E-state index is 11.7. The minimum absolute atomic E-state index is 0.100. The van der Waals surface area contributed by atoms with Crippen LogP contribution in [-0.4, -0.2) is 50.8 Å². The zero-order chi connectivity index (χ0) is 24.1. The first-order chi connectivity index (χ1) is 16.3. The van der Waals surface area contributed by atoms with E-state index in [4.69, 9.17) is 16.6 Å². The van der Waals surface area contributed by atoms with Gasteiger partial charge in [0.15, 0.2) is 17.2 Å². The van der Waals surface area contributed by atoms with Gasteiger partial charge in [-0.3, -0.25) is 0 Å². The molecule has 3 N–H and O–H groups in total. The summed E-state index contributed by atoms with van der Waals surface area (Å²) in [5, 5.41) is 32.1. The quantitative estimate of drug-likeness (QED) is 0.455. The van der Waals surface area contributed by atoms with Gasteiger partial charge in [-0.05, 0) is 55.4 Å². The molecule has 1 aliphatic carbocycles. The van der Waals surface area contributed by atoms with E-state index in [1.165, 1.54) is 6.07 Å². The van der Waals surface area contributed by atoms with E-state index < -0.39 is 5.97 Å². The lowest BCUT2D eigenvalue weighted by atomic mass is 10.0. The second-order valence-corrected chi connectivity index (χ2v) is 9.40. The maximum Gasteiger partial charge on any atom is 0.356 e. The van der Waals surface area contributed by atoms with Gasteiger partial charge in [-0.1, -0.05) is 17.7 Å². The molecule has 1 aromatic carbocycles. The van der Waals surface area contributed by atoms with Gasteiger partial charge >= 0.3 is 5.97 Å². The summed E-state index contributed by atoms with van der Waals surface area (Å²) in [4.78, 5) is 27.2. The number of piperidine rings is 1. The van der Waals surface area contributed by atoms with Gasteiger partial charge in [0.1, 0.15) is 11.2 Å². The molecule has 0 radical (unpaired) electrons. The Morgan fingerprint density at radius 1 is 1.29 bits per heavy atom. The lowest BCUT2D eigenvalue weighted by molar-refractivity contribution is 0.0691. The van der Waals surface area contributed by atoms with E-state index in [1.807, 2.05) is 26.0 Å². The lowest BCUT2D eigenvalue weighted by Gasteiger charge is -2.23. The van der Waals surface area contributed by atoms with Crippen molar-refractivity contribution in [2.75, 3.05) is 29.9 Å². The van der Waals surface area contributed by atoms with Gasteiger partial charge < -0.3 is 20.4 Å². The van der Waals surface area contributed by atoms with E-state index in [0.29, 0.717) is 40.3 Å². The van der Waals surface area contributed by atoms with Crippen LogP contribution in [0.15, 0.2) is 24.3 Å². The van der Waals surface area contributed by atoms with E-state index >= 15 is 0 Å². The number of halogens is 1. The van der Waals surface area contributed by atoms with Crippen LogP contribution in [0.4, 0.5) is 11.5 Å². The highest BCUT2D eigenvalue weighted by atomic mass is 35.5. The van der Waals surface area contributed by atoms with Gasteiger partial charge in [-0.15, -0.1) is 0 Å². The molecule has 0 amide bonds. The number of carboxylic acid groups (broad SMARTS) is 1. The monoisotopic (exact) mass is 478 g/mol. The number of aromatic nitrogens is 3. The fourth-order valence-corrected chi connectivity index (χ4v) is 5.22. The van der Waals surface area contributed by atoms with Gasteiger partial charge in [-0.25, -0.2) is 19.7 Å². The number of anilines is 2. The molecule has 3 aromatic rings. The summed E-state index contributed by atoms with van der Waals surface area (Å²) in [7, 11) is 0. The van der Waals surface area contributed by atoms with Crippen LogP contribution in [0.25, 0.3) is 11.0 Å². The number of hydrogen-bond donors (Lipinski definition) is 3. The molecule has 1 aliphatic heterocycles. The predicted octanol–water partition coefficient (Wildman–Crippen LogP) is 3.40. The Morgan fingerprint density at radius 2 is 2.03 bits per heavy atom. The number of aliphatic hydroxyl groups is 1. The number of carbonyl (C=O) groups is 1. The SMILES string of the molecule is Cc1cc([C@@H](C)Nc2ccc(Cl)nc2C(=O)O)c2nc(N3C[C@H]4C(CO)[C@@H]4C3)c(C#N)nc2c1. The molecule has 174 valence electrons. The summed E-state index contributed by atoms with van der Waals surface area (Å²) in [6, 6.07) is 8.85. The van der Waals surface area contributed by atoms with Crippen molar-refractivity contribution in [1.29, 1.82) is 5.26 Å². The third kappa shape index (κ3) is 3.79. The van der Waals surface area contributed by atoms with Gasteiger partial charge in [0.2, 0.25) is 0 Å². The van der Waals surface area contributed by atoms with Crippen molar-refractivity contribution >= 4 is 40.1 Å². The zero-order valence-electron chi connectivity index (χ0n) is 18.7. The molecule has 2 fully saturated rings. The Morgan fingerprint density at radius 3 is 2.68 bits per heavy atom. The van der Waals surface area contributed by atoms with Gasteiger partial charge in [-0.2, -0.15) is 5.26 Å². The minimum atomic E-state index is -1.18. The van der Waals surface area contributed by atoms with Crippen molar-refractivity contribution in [3.63, 3.8) is 0 Å². The molecular weight excluding hydrogens is 456 g/mol. The van der Waals surface area contributed by atoms with Crippen molar-refractivity contribution < 1.29 is 15.0 Å². The first kappa shape index (κ1) is 22.3. The van der Waals surface area contributed by atoms with Crippen LogP contribution in [0.3, 0.4) is 0 Å². The van der Waals surface area contributed by atoms with Crippen LogP contribution >= 0.6 is 11.6 Å². The average molecular weight is 479 g/mol. The molecular formula is C24H23ClN6O3. The van der Waals surface area contributed by atoms with Crippen LogP contribution in [0, 0.1) is 36.0 Å². The number of nitriles is 1. The molecule has 0 unspecified atom stereocenters. The number of rotatable bonds is 6. The highest BCUT2D eigenvalue weighted by molar-refractivity contribution is 6.29. The first-order valence-corrected chi connectivity index (χ1v) is 11.4. The predicted molar refractivity (Wildman–Crippen MR) is 127 cm³/mol.